The molecule has 0 aromatic heterocycles. The van der Waals surface area contributed by atoms with E-state index in [1.165, 1.54) is 4.31 Å². The predicted molar refractivity (Wildman–Crippen MR) is 80.7 cm³/mol. The van der Waals surface area contributed by atoms with Crippen molar-refractivity contribution in [3.8, 4) is 0 Å². The molecule has 1 amide bonds. The summed E-state index contributed by atoms with van der Waals surface area (Å²) in [5.74, 6) is -0.356. The third-order valence-electron chi connectivity index (χ3n) is 4.28. The molecule has 0 spiro atoms. The third kappa shape index (κ3) is 4.91. The molecule has 2 heterocycles. The Balaban J connectivity index is 1.74. The van der Waals surface area contributed by atoms with Crippen LogP contribution in [0.1, 0.15) is 32.1 Å². The van der Waals surface area contributed by atoms with Gasteiger partial charge in [-0.1, -0.05) is 6.42 Å². The van der Waals surface area contributed by atoms with Crippen molar-refractivity contribution in [1.29, 1.82) is 0 Å². The molecule has 3 N–H and O–H groups in total. The quantitative estimate of drug-likeness (QED) is 0.690. The summed E-state index contributed by atoms with van der Waals surface area (Å²) in [6.07, 6.45) is 4.76. The molecule has 2 aliphatic rings. The highest BCUT2D eigenvalue weighted by molar-refractivity contribution is 7.87. The Labute approximate surface area is 127 Å². The van der Waals surface area contributed by atoms with Crippen LogP contribution in [-0.2, 0) is 15.0 Å². The van der Waals surface area contributed by atoms with Crippen LogP contribution < -0.4 is 10.5 Å². The van der Waals surface area contributed by atoms with E-state index in [2.05, 4.69) is 9.62 Å². The molecule has 1 unspecified atom stereocenters. The summed E-state index contributed by atoms with van der Waals surface area (Å²) in [6.45, 7) is 3.77. The fourth-order valence-electron chi connectivity index (χ4n) is 3.02. The first-order chi connectivity index (χ1) is 9.99. The van der Waals surface area contributed by atoms with Gasteiger partial charge in [0, 0.05) is 32.7 Å². The van der Waals surface area contributed by atoms with Gasteiger partial charge in [-0.15, -0.1) is 0 Å². The molecule has 0 aliphatic carbocycles. The SMILES string of the molecule is NC(=O)C1CCCN(CCNS(=O)(=O)N2CCCCC2)C1. The molecule has 7 nitrogen and oxygen atoms in total. The number of nitrogens with one attached hydrogen (secondary N) is 1. The molecule has 0 aromatic rings. The van der Waals surface area contributed by atoms with E-state index >= 15 is 0 Å². The maximum Gasteiger partial charge on any atom is 0.279 e. The minimum atomic E-state index is -3.35. The lowest BCUT2D eigenvalue weighted by atomic mass is 9.98. The second-order valence-electron chi connectivity index (χ2n) is 5.90. The Morgan fingerprint density at radius 1 is 1.14 bits per heavy atom. The van der Waals surface area contributed by atoms with Crippen molar-refractivity contribution >= 4 is 16.1 Å². The zero-order valence-electron chi connectivity index (χ0n) is 12.5. The fourth-order valence-corrected chi connectivity index (χ4v) is 4.29. The Kier molecular flexibility index (Phi) is 5.98. The second-order valence-corrected chi connectivity index (χ2v) is 7.66. The molecule has 2 fully saturated rings. The molecule has 2 aliphatic heterocycles. The van der Waals surface area contributed by atoms with Gasteiger partial charge in [0.15, 0.2) is 0 Å². The van der Waals surface area contributed by atoms with Gasteiger partial charge in [0.1, 0.15) is 0 Å². The Hall–Kier alpha value is -0.700. The van der Waals surface area contributed by atoms with Gasteiger partial charge in [0.2, 0.25) is 5.91 Å². The standard InChI is InChI=1S/C13H26N4O3S/c14-13(18)12-5-4-7-16(11-12)10-6-15-21(19,20)17-8-2-1-3-9-17/h12,15H,1-11H2,(H2,14,18). The van der Waals surface area contributed by atoms with E-state index in [-0.39, 0.29) is 11.8 Å². The molecule has 0 saturated carbocycles. The van der Waals surface area contributed by atoms with Crippen molar-refractivity contribution in [1.82, 2.24) is 13.9 Å². The number of hydrogen-bond acceptors (Lipinski definition) is 4. The summed E-state index contributed by atoms with van der Waals surface area (Å²) in [4.78, 5) is 13.3. The van der Waals surface area contributed by atoms with Crippen molar-refractivity contribution in [2.75, 3.05) is 39.3 Å². The van der Waals surface area contributed by atoms with E-state index in [0.717, 1.165) is 38.6 Å². The topological polar surface area (TPSA) is 95.7 Å². The fraction of sp³-hybridized carbons (Fsp3) is 0.923. The number of primary amides is 1. The van der Waals surface area contributed by atoms with Crippen LogP contribution >= 0.6 is 0 Å². The van der Waals surface area contributed by atoms with Crippen molar-refractivity contribution in [3.63, 3.8) is 0 Å². The zero-order chi connectivity index (χ0) is 15.3. The third-order valence-corrected chi connectivity index (χ3v) is 5.89. The number of rotatable bonds is 6. The first-order valence-corrected chi connectivity index (χ1v) is 9.19. The molecule has 0 aromatic carbocycles. The average molecular weight is 318 g/mol. The molecular weight excluding hydrogens is 292 g/mol. The van der Waals surface area contributed by atoms with Crippen LogP contribution in [0.15, 0.2) is 0 Å². The molecule has 1 atom stereocenters. The molecule has 0 bridgehead atoms. The number of hydrogen-bond donors (Lipinski definition) is 2. The van der Waals surface area contributed by atoms with Crippen LogP contribution in [0.2, 0.25) is 0 Å². The highest BCUT2D eigenvalue weighted by atomic mass is 32.2. The van der Waals surface area contributed by atoms with E-state index in [1.807, 2.05) is 0 Å². The summed E-state index contributed by atoms with van der Waals surface area (Å²) in [6, 6.07) is 0. The molecule has 122 valence electrons. The van der Waals surface area contributed by atoms with Crippen molar-refractivity contribution in [2.24, 2.45) is 11.7 Å². The number of piperidine rings is 2. The monoisotopic (exact) mass is 318 g/mol. The summed E-state index contributed by atoms with van der Waals surface area (Å²) >= 11 is 0. The van der Waals surface area contributed by atoms with Gasteiger partial charge in [-0.3, -0.25) is 4.79 Å². The van der Waals surface area contributed by atoms with E-state index < -0.39 is 10.2 Å². The van der Waals surface area contributed by atoms with Crippen LogP contribution in [-0.4, -0.2) is 62.8 Å². The Morgan fingerprint density at radius 3 is 2.52 bits per heavy atom. The number of amides is 1. The van der Waals surface area contributed by atoms with Gasteiger partial charge in [-0.2, -0.15) is 12.7 Å². The Bertz CT molecular complexity index is 448. The molecular formula is C13H26N4O3S. The van der Waals surface area contributed by atoms with Crippen LogP contribution in [0.3, 0.4) is 0 Å². The lowest BCUT2D eigenvalue weighted by Crippen LogP contribution is -2.47. The van der Waals surface area contributed by atoms with E-state index in [0.29, 0.717) is 32.7 Å². The van der Waals surface area contributed by atoms with Gasteiger partial charge in [0.25, 0.3) is 10.2 Å². The first kappa shape index (κ1) is 16.7. The summed E-state index contributed by atoms with van der Waals surface area (Å²) in [7, 11) is -3.35. The van der Waals surface area contributed by atoms with Gasteiger partial charge in [-0.25, -0.2) is 4.72 Å². The van der Waals surface area contributed by atoms with Crippen LogP contribution in [0.5, 0.6) is 0 Å². The summed E-state index contributed by atoms with van der Waals surface area (Å²) in [5, 5.41) is 0. The maximum atomic E-state index is 12.1. The van der Waals surface area contributed by atoms with E-state index in [4.69, 9.17) is 5.73 Å². The summed E-state index contributed by atoms with van der Waals surface area (Å²) < 4.78 is 28.4. The van der Waals surface area contributed by atoms with Gasteiger partial charge in [-0.05, 0) is 32.2 Å². The Morgan fingerprint density at radius 2 is 1.86 bits per heavy atom. The summed E-state index contributed by atoms with van der Waals surface area (Å²) in [5.41, 5.74) is 5.34. The lowest BCUT2D eigenvalue weighted by Gasteiger charge is -2.31. The number of likely N-dealkylation sites (tertiary alicyclic amines) is 1. The van der Waals surface area contributed by atoms with Crippen LogP contribution in [0, 0.1) is 5.92 Å². The highest BCUT2D eigenvalue weighted by Gasteiger charge is 2.25. The normalized spacial score (nSPS) is 25.8. The maximum absolute atomic E-state index is 12.1. The van der Waals surface area contributed by atoms with E-state index in [1.54, 1.807) is 0 Å². The largest absolute Gasteiger partial charge is 0.369 e. The van der Waals surface area contributed by atoms with Crippen LogP contribution in [0.25, 0.3) is 0 Å². The van der Waals surface area contributed by atoms with Crippen molar-refractivity contribution in [3.05, 3.63) is 0 Å². The van der Waals surface area contributed by atoms with Crippen molar-refractivity contribution < 1.29 is 13.2 Å². The van der Waals surface area contributed by atoms with E-state index in [9.17, 15) is 13.2 Å². The number of carbonyl (C=O) groups is 1. The van der Waals surface area contributed by atoms with Gasteiger partial charge >= 0.3 is 0 Å². The van der Waals surface area contributed by atoms with Gasteiger partial charge in [0.05, 0.1) is 5.92 Å². The first-order valence-electron chi connectivity index (χ1n) is 7.75. The number of nitrogens with two attached hydrogens (primary N) is 1. The van der Waals surface area contributed by atoms with Crippen LogP contribution in [0.4, 0.5) is 0 Å². The average Bonchev–Trinajstić information content (AvgIpc) is 2.48. The number of nitrogens with zero attached hydrogens (tertiary/aromatic N) is 2. The molecule has 8 heteroatoms. The lowest BCUT2D eigenvalue weighted by molar-refractivity contribution is -0.123. The minimum absolute atomic E-state index is 0.0996. The predicted octanol–water partition coefficient (Wildman–Crippen LogP) is -0.496. The highest BCUT2D eigenvalue weighted by Crippen LogP contribution is 2.15. The zero-order valence-corrected chi connectivity index (χ0v) is 13.3. The van der Waals surface area contributed by atoms with Gasteiger partial charge < -0.3 is 10.6 Å². The molecule has 0 radical (unpaired) electrons. The molecule has 21 heavy (non-hydrogen) atoms. The molecule has 2 saturated heterocycles. The van der Waals surface area contributed by atoms with Crippen molar-refractivity contribution in [2.45, 2.75) is 32.1 Å². The number of carbonyl (C=O) groups excluding carboxylic acids is 1. The second kappa shape index (κ2) is 7.53. The smallest absolute Gasteiger partial charge is 0.279 e. The minimum Gasteiger partial charge on any atom is -0.369 e. The molecule has 2 rings (SSSR count).